The van der Waals surface area contributed by atoms with Gasteiger partial charge in [-0.25, -0.2) is 0 Å². The van der Waals surface area contributed by atoms with E-state index in [2.05, 4.69) is 0 Å². The summed E-state index contributed by atoms with van der Waals surface area (Å²) in [6.07, 6.45) is 0. The number of methoxy groups -OCH3 is 1. The number of para-hydroxylation sites is 1. The van der Waals surface area contributed by atoms with Crippen molar-refractivity contribution in [3.63, 3.8) is 0 Å². The van der Waals surface area contributed by atoms with Gasteiger partial charge in [0.15, 0.2) is 0 Å². The number of rotatable bonds is 2. The van der Waals surface area contributed by atoms with Gasteiger partial charge in [0.05, 0.1) is 23.0 Å². The molecule has 90 valence electrons. The zero-order valence-corrected chi connectivity index (χ0v) is 10.6. The number of aromatic nitrogens is 1. The van der Waals surface area contributed by atoms with E-state index >= 15 is 0 Å². The Morgan fingerprint density at radius 3 is 2.61 bits per heavy atom. The Bertz CT molecular complexity index is 743. The maximum Gasteiger partial charge on any atom is 0.312 e. The molecule has 4 heteroatoms. The topological polar surface area (TPSA) is 31.2 Å². The van der Waals surface area contributed by atoms with E-state index in [4.69, 9.17) is 4.74 Å². The lowest BCUT2D eigenvalue weighted by Crippen LogP contribution is -2.09. The summed E-state index contributed by atoms with van der Waals surface area (Å²) in [5, 5.41) is 0. The van der Waals surface area contributed by atoms with Gasteiger partial charge >= 0.3 is 4.87 Å². The van der Waals surface area contributed by atoms with Crippen molar-refractivity contribution in [3.05, 3.63) is 58.2 Å². The van der Waals surface area contributed by atoms with Crippen LogP contribution in [0.4, 0.5) is 0 Å². The number of hydrogen-bond donors (Lipinski definition) is 0. The average Bonchev–Trinajstić information content (AvgIpc) is 2.74. The maximum absolute atomic E-state index is 12.1. The Kier molecular flexibility index (Phi) is 2.64. The molecule has 0 saturated heterocycles. The molecule has 0 saturated carbocycles. The van der Waals surface area contributed by atoms with E-state index in [0.717, 1.165) is 21.7 Å². The normalized spacial score (nSPS) is 10.7. The monoisotopic (exact) mass is 257 g/mol. The summed E-state index contributed by atoms with van der Waals surface area (Å²) >= 11 is 1.23. The first-order valence-electron chi connectivity index (χ1n) is 5.54. The summed E-state index contributed by atoms with van der Waals surface area (Å²) in [5.74, 6) is 0.768. The van der Waals surface area contributed by atoms with Gasteiger partial charge in [0.25, 0.3) is 0 Å². The van der Waals surface area contributed by atoms with Crippen molar-refractivity contribution in [3.8, 4) is 11.4 Å². The molecule has 0 aliphatic rings. The third-order valence-corrected chi connectivity index (χ3v) is 3.71. The molecule has 0 atom stereocenters. The Morgan fingerprint density at radius 1 is 1.11 bits per heavy atom. The van der Waals surface area contributed by atoms with Gasteiger partial charge in [-0.05, 0) is 30.3 Å². The van der Waals surface area contributed by atoms with Crippen LogP contribution in [0, 0.1) is 0 Å². The van der Waals surface area contributed by atoms with E-state index < -0.39 is 0 Å². The van der Waals surface area contributed by atoms with Crippen LogP contribution in [0.3, 0.4) is 0 Å². The molecule has 0 unspecified atom stereocenters. The molecule has 0 spiro atoms. The number of fused-ring (bicyclic) bond motifs is 1. The minimum absolute atomic E-state index is 0.0180. The molecule has 1 aromatic heterocycles. The molecule has 2 aromatic carbocycles. The minimum Gasteiger partial charge on any atom is -0.497 e. The van der Waals surface area contributed by atoms with Crippen LogP contribution >= 0.6 is 11.3 Å². The lowest BCUT2D eigenvalue weighted by molar-refractivity contribution is 0.415. The number of hydrogen-bond acceptors (Lipinski definition) is 3. The third kappa shape index (κ3) is 1.71. The quantitative estimate of drug-likeness (QED) is 0.706. The zero-order chi connectivity index (χ0) is 12.5. The number of nitrogens with zero attached hydrogens (tertiary/aromatic N) is 1. The van der Waals surface area contributed by atoms with Crippen LogP contribution in [0.2, 0.25) is 0 Å². The standard InChI is InChI=1S/C14H11NO2S/c1-17-11-7-8-12-13(9-11)18-14(16)15(12)10-5-3-2-4-6-10/h2-9H,1H3. The summed E-state index contributed by atoms with van der Waals surface area (Å²) in [5.41, 5.74) is 1.80. The Balaban J connectivity index is 2.30. The summed E-state index contributed by atoms with van der Waals surface area (Å²) in [4.78, 5) is 12.1. The lowest BCUT2D eigenvalue weighted by atomic mass is 10.3. The molecule has 3 rings (SSSR count). The highest BCUT2D eigenvalue weighted by molar-refractivity contribution is 7.16. The number of thiazole rings is 1. The summed E-state index contributed by atoms with van der Waals surface area (Å²) in [6, 6.07) is 15.3. The molecule has 0 fully saturated rings. The Morgan fingerprint density at radius 2 is 1.89 bits per heavy atom. The smallest absolute Gasteiger partial charge is 0.312 e. The fraction of sp³-hybridized carbons (Fsp3) is 0.0714. The van der Waals surface area contributed by atoms with Crippen molar-refractivity contribution < 1.29 is 4.74 Å². The second-order valence-corrected chi connectivity index (χ2v) is 4.87. The number of benzene rings is 2. The average molecular weight is 257 g/mol. The molecular formula is C14H11NO2S. The highest BCUT2D eigenvalue weighted by Gasteiger charge is 2.09. The van der Waals surface area contributed by atoms with Crippen LogP contribution in [0.5, 0.6) is 5.75 Å². The van der Waals surface area contributed by atoms with Gasteiger partial charge in [-0.3, -0.25) is 9.36 Å². The Hall–Kier alpha value is -2.07. The summed E-state index contributed by atoms with van der Waals surface area (Å²) < 4.78 is 7.83. The molecule has 18 heavy (non-hydrogen) atoms. The first-order valence-corrected chi connectivity index (χ1v) is 6.36. The summed E-state index contributed by atoms with van der Waals surface area (Å²) in [7, 11) is 1.62. The third-order valence-electron chi connectivity index (χ3n) is 2.80. The van der Waals surface area contributed by atoms with Crippen molar-refractivity contribution in [2.45, 2.75) is 0 Å². The maximum atomic E-state index is 12.1. The van der Waals surface area contributed by atoms with E-state index in [9.17, 15) is 4.79 Å². The van der Waals surface area contributed by atoms with Crippen molar-refractivity contribution >= 4 is 21.6 Å². The predicted octanol–water partition coefficient (Wildman–Crippen LogP) is 3.06. The van der Waals surface area contributed by atoms with Gasteiger partial charge in [-0.2, -0.15) is 0 Å². The molecule has 0 amide bonds. The fourth-order valence-corrected chi connectivity index (χ4v) is 2.87. The van der Waals surface area contributed by atoms with E-state index in [1.54, 1.807) is 11.7 Å². The van der Waals surface area contributed by atoms with E-state index in [-0.39, 0.29) is 4.87 Å². The van der Waals surface area contributed by atoms with E-state index in [1.165, 1.54) is 11.3 Å². The van der Waals surface area contributed by atoms with Crippen LogP contribution in [0.15, 0.2) is 53.3 Å². The van der Waals surface area contributed by atoms with Gasteiger partial charge in [0, 0.05) is 0 Å². The van der Waals surface area contributed by atoms with Crippen LogP contribution < -0.4 is 9.61 Å². The molecule has 1 heterocycles. The molecule has 0 radical (unpaired) electrons. The van der Waals surface area contributed by atoms with Gasteiger partial charge in [0.2, 0.25) is 0 Å². The predicted molar refractivity (Wildman–Crippen MR) is 74.0 cm³/mol. The minimum atomic E-state index is 0.0180. The molecule has 0 aliphatic heterocycles. The fourth-order valence-electron chi connectivity index (χ4n) is 1.95. The largest absolute Gasteiger partial charge is 0.497 e. The molecule has 3 nitrogen and oxygen atoms in total. The molecule has 0 N–H and O–H groups in total. The van der Waals surface area contributed by atoms with Crippen LogP contribution in [0.25, 0.3) is 15.9 Å². The molecule has 0 aliphatic carbocycles. The van der Waals surface area contributed by atoms with Crippen LogP contribution in [-0.2, 0) is 0 Å². The molecular weight excluding hydrogens is 246 g/mol. The van der Waals surface area contributed by atoms with Crippen molar-refractivity contribution in [1.82, 2.24) is 4.57 Å². The first-order chi connectivity index (χ1) is 8.79. The molecule has 0 bridgehead atoms. The van der Waals surface area contributed by atoms with Crippen molar-refractivity contribution in [2.75, 3.05) is 7.11 Å². The molecule has 3 aromatic rings. The van der Waals surface area contributed by atoms with Crippen LogP contribution in [-0.4, -0.2) is 11.7 Å². The second kappa shape index (κ2) is 4.31. The zero-order valence-electron chi connectivity index (χ0n) is 9.79. The highest BCUT2D eigenvalue weighted by Crippen LogP contribution is 2.25. The number of ether oxygens (including phenoxy) is 1. The Labute approximate surface area is 108 Å². The van der Waals surface area contributed by atoms with Crippen molar-refractivity contribution in [1.29, 1.82) is 0 Å². The summed E-state index contributed by atoms with van der Waals surface area (Å²) in [6.45, 7) is 0. The highest BCUT2D eigenvalue weighted by atomic mass is 32.1. The SMILES string of the molecule is COc1ccc2c(c1)sc(=O)n2-c1ccccc1. The van der Waals surface area contributed by atoms with Gasteiger partial charge in [-0.1, -0.05) is 29.5 Å². The van der Waals surface area contributed by atoms with E-state index in [0.29, 0.717) is 0 Å². The van der Waals surface area contributed by atoms with Gasteiger partial charge < -0.3 is 4.74 Å². The van der Waals surface area contributed by atoms with Gasteiger partial charge in [-0.15, -0.1) is 0 Å². The lowest BCUT2D eigenvalue weighted by Gasteiger charge is -2.03. The van der Waals surface area contributed by atoms with Crippen molar-refractivity contribution in [2.24, 2.45) is 0 Å². The first kappa shape index (κ1) is 11.0. The second-order valence-electron chi connectivity index (χ2n) is 3.87. The van der Waals surface area contributed by atoms with E-state index in [1.807, 2.05) is 48.5 Å². The van der Waals surface area contributed by atoms with Crippen LogP contribution in [0.1, 0.15) is 0 Å². The van der Waals surface area contributed by atoms with Gasteiger partial charge in [0.1, 0.15) is 5.75 Å².